The lowest BCUT2D eigenvalue weighted by Gasteiger charge is -2.10. The highest BCUT2D eigenvalue weighted by Gasteiger charge is 2.13. The van der Waals surface area contributed by atoms with Crippen molar-refractivity contribution >= 4 is 28.9 Å². The van der Waals surface area contributed by atoms with Gasteiger partial charge in [-0.3, -0.25) is 4.79 Å². The summed E-state index contributed by atoms with van der Waals surface area (Å²) in [7, 11) is 0. The van der Waals surface area contributed by atoms with Crippen LogP contribution in [0.15, 0.2) is 36.4 Å². The third kappa shape index (κ3) is 2.85. The molecule has 0 saturated carbocycles. The van der Waals surface area contributed by atoms with Crippen molar-refractivity contribution in [2.45, 2.75) is 6.92 Å². The Hall–Kier alpha value is -2.07. The highest BCUT2D eigenvalue weighted by Crippen LogP contribution is 2.24. The quantitative estimate of drug-likeness (QED) is 0.824. The standard InChI is InChI=1S/C14H12ClFN2O/c1-8-5-6-9(16)7-12(8)18-14(19)10-3-2-4-11(17)13(10)15/h2-7H,17H2,1H3,(H,18,19). The van der Waals surface area contributed by atoms with Crippen molar-refractivity contribution in [1.29, 1.82) is 0 Å². The van der Waals surface area contributed by atoms with Crippen LogP contribution in [0.5, 0.6) is 0 Å². The van der Waals surface area contributed by atoms with Crippen LogP contribution in [-0.4, -0.2) is 5.91 Å². The second-order valence-corrected chi connectivity index (χ2v) is 4.50. The van der Waals surface area contributed by atoms with Crippen molar-refractivity contribution in [3.05, 3.63) is 58.4 Å². The fraction of sp³-hybridized carbons (Fsp3) is 0.0714. The van der Waals surface area contributed by atoms with Gasteiger partial charge in [-0.1, -0.05) is 23.7 Å². The van der Waals surface area contributed by atoms with E-state index in [0.717, 1.165) is 5.56 Å². The van der Waals surface area contributed by atoms with Gasteiger partial charge in [-0.2, -0.15) is 0 Å². The maximum atomic E-state index is 13.1. The van der Waals surface area contributed by atoms with Gasteiger partial charge in [-0.25, -0.2) is 4.39 Å². The van der Waals surface area contributed by atoms with E-state index in [9.17, 15) is 9.18 Å². The molecule has 0 aliphatic carbocycles. The highest BCUT2D eigenvalue weighted by molar-refractivity contribution is 6.36. The number of amides is 1. The monoisotopic (exact) mass is 278 g/mol. The molecule has 5 heteroatoms. The average molecular weight is 279 g/mol. The molecule has 0 heterocycles. The first-order valence-corrected chi connectivity index (χ1v) is 5.98. The van der Waals surface area contributed by atoms with Gasteiger partial charge in [0, 0.05) is 5.69 Å². The number of hydrogen-bond acceptors (Lipinski definition) is 2. The third-order valence-electron chi connectivity index (χ3n) is 2.72. The van der Waals surface area contributed by atoms with Crippen LogP contribution in [0.2, 0.25) is 5.02 Å². The molecule has 2 rings (SSSR count). The van der Waals surface area contributed by atoms with Crippen LogP contribution in [0.25, 0.3) is 0 Å². The zero-order chi connectivity index (χ0) is 14.0. The topological polar surface area (TPSA) is 55.1 Å². The lowest BCUT2D eigenvalue weighted by atomic mass is 10.1. The van der Waals surface area contributed by atoms with Crippen LogP contribution in [0.3, 0.4) is 0 Å². The van der Waals surface area contributed by atoms with Crippen molar-refractivity contribution in [2.75, 3.05) is 11.1 Å². The smallest absolute Gasteiger partial charge is 0.257 e. The predicted molar refractivity (Wildman–Crippen MR) is 75.0 cm³/mol. The van der Waals surface area contributed by atoms with E-state index in [1.54, 1.807) is 31.2 Å². The highest BCUT2D eigenvalue weighted by atomic mass is 35.5. The molecular weight excluding hydrogens is 267 g/mol. The summed E-state index contributed by atoms with van der Waals surface area (Å²) in [5.41, 5.74) is 7.38. The van der Waals surface area contributed by atoms with Gasteiger partial charge in [0.05, 0.1) is 16.3 Å². The van der Waals surface area contributed by atoms with Gasteiger partial charge < -0.3 is 11.1 Å². The van der Waals surface area contributed by atoms with Gasteiger partial charge in [-0.15, -0.1) is 0 Å². The number of carbonyl (C=O) groups is 1. The summed E-state index contributed by atoms with van der Waals surface area (Å²) in [5.74, 6) is -0.842. The van der Waals surface area contributed by atoms with Crippen molar-refractivity contribution < 1.29 is 9.18 Å². The lowest BCUT2D eigenvalue weighted by molar-refractivity contribution is 0.102. The number of carbonyl (C=O) groups excluding carboxylic acids is 1. The molecule has 0 bridgehead atoms. The molecule has 19 heavy (non-hydrogen) atoms. The molecule has 0 aliphatic rings. The summed E-state index contributed by atoms with van der Waals surface area (Å²) in [6.45, 7) is 1.77. The van der Waals surface area contributed by atoms with Crippen LogP contribution in [0.1, 0.15) is 15.9 Å². The minimum absolute atomic E-state index is 0.189. The maximum Gasteiger partial charge on any atom is 0.257 e. The molecule has 3 N–H and O–H groups in total. The number of nitrogen functional groups attached to an aromatic ring is 1. The molecule has 0 saturated heterocycles. The van der Waals surface area contributed by atoms with Crippen molar-refractivity contribution in [2.24, 2.45) is 0 Å². The number of nitrogens with two attached hydrogens (primary N) is 1. The van der Waals surface area contributed by atoms with Crippen LogP contribution in [-0.2, 0) is 0 Å². The molecule has 0 atom stereocenters. The molecule has 0 spiro atoms. The Morgan fingerprint density at radius 1 is 1.32 bits per heavy atom. The normalized spacial score (nSPS) is 10.3. The summed E-state index contributed by atoms with van der Waals surface area (Å²) >= 11 is 5.97. The van der Waals surface area contributed by atoms with E-state index >= 15 is 0 Å². The van der Waals surface area contributed by atoms with E-state index in [0.29, 0.717) is 11.4 Å². The molecule has 0 unspecified atom stereocenters. The van der Waals surface area contributed by atoms with Crippen LogP contribution in [0, 0.1) is 12.7 Å². The minimum Gasteiger partial charge on any atom is -0.398 e. The summed E-state index contributed by atoms with van der Waals surface area (Å²) in [6.07, 6.45) is 0. The van der Waals surface area contributed by atoms with E-state index in [2.05, 4.69) is 5.32 Å². The second-order valence-electron chi connectivity index (χ2n) is 4.12. The number of aryl methyl sites for hydroxylation is 1. The molecule has 3 nitrogen and oxygen atoms in total. The Labute approximate surface area is 115 Å². The fourth-order valence-corrected chi connectivity index (χ4v) is 1.86. The summed E-state index contributed by atoms with van der Waals surface area (Å²) < 4.78 is 13.1. The van der Waals surface area contributed by atoms with Gasteiger partial charge in [0.25, 0.3) is 5.91 Å². The number of nitrogens with one attached hydrogen (secondary N) is 1. The molecule has 98 valence electrons. The van der Waals surface area contributed by atoms with Crippen molar-refractivity contribution in [1.82, 2.24) is 0 Å². The van der Waals surface area contributed by atoms with E-state index < -0.39 is 11.7 Å². The van der Waals surface area contributed by atoms with E-state index in [1.165, 1.54) is 12.1 Å². The third-order valence-corrected chi connectivity index (χ3v) is 3.14. The number of hydrogen-bond donors (Lipinski definition) is 2. The van der Waals surface area contributed by atoms with E-state index in [-0.39, 0.29) is 10.6 Å². The Kier molecular flexibility index (Phi) is 3.71. The molecule has 2 aromatic rings. The van der Waals surface area contributed by atoms with E-state index in [1.807, 2.05) is 0 Å². The number of anilines is 2. The van der Waals surface area contributed by atoms with Gasteiger partial charge in [-0.05, 0) is 36.8 Å². The maximum absolute atomic E-state index is 13.1. The molecule has 0 aromatic heterocycles. The minimum atomic E-state index is -0.425. The number of rotatable bonds is 2. The Morgan fingerprint density at radius 3 is 2.79 bits per heavy atom. The number of halogens is 2. The van der Waals surface area contributed by atoms with Crippen molar-refractivity contribution in [3.63, 3.8) is 0 Å². The molecule has 0 aliphatic heterocycles. The number of benzene rings is 2. The second kappa shape index (κ2) is 5.28. The first-order chi connectivity index (χ1) is 8.99. The van der Waals surface area contributed by atoms with Crippen LogP contribution >= 0.6 is 11.6 Å². The van der Waals surface area contributed by atoms with E-state index in [4.69, 9.17) is 17.3 Å². The van der Waals surface area contributed by atoms with Crippen molar-refractivity contribution in [3.8, 4) is 0 Å². The lowest BCUT2D eigenvalue weighted by Crippen LogP contribution is -2.14. The molecule has 2 aromatic carbocycles. The first kappa shape index (κ1) is 13.4. The van der Waals surface area contributed by atoms with Gasteiger partial charge in [0.15, 0.2) is 0 Å². The molecule has 1 amide bonds. The SMILES string of the molecule is Cc1ccc(F)cc1NC(=O)c1cccc(N)c1Cl. The summed E-state index contributed by atoms with van der Waals surface area (Å²) in [4.78, 5) is 12.1. The van der Waals surface area contributed by atoms with Gasteiger partial charge in [0.1, 0.15) is 5.82 Å². The Balaban J connectivity index is 2.31. The average Bonchev–Trinajstić information content (AvgIpc) is 2.37. The van der Waals surface area contributed by atoms with Gasteiger partial charge in [0.2, 0.25) is 0 Å². The van der Waals surface area contributed by atoms with Gasteiger partial charge >= 0.3 is 0 Å². The van der Waals surface area contributed by atoms with Crippen LogP contribution in [0.4, 0.5) is 15.8 Å². The Morgan fingerprint density at radius 2 is 2.05 bits per heavy atom. The first-order valence-electron chi connectivity index (χ1n) is 5.60. The zero-order valence-corrected chi connectivity index (χ0v) is 11.0. The zero-order valence-electron chi connectivity index (χ0n) is 10.2. The summed E-state index contributed by atoms with van der Waals surface area (Å²) in [6, 6.07) is 8.97. The Bertz CT molecular complexity index is 643. The predicted octanol–water partition coefficient (Wildman–Crippen LogP) is 3.62. The van der Waals surface area contributed by atoms with Crippen LogP contribution < -0.4 is 11.1 Å². The molecule has 0 radical (unpaired) electrons. The molecular formula is C14H12ClFN2O. The largest absolute Gasteiger partial charge is 0.398 e. The molecule has 0 fully saturated rings. The fourth-order valence-electron chi connectivity index (χ4n) is 1.64. The summed E-state index contributed by atoms with van der Waals surface area (Å²) in [5, 5.41) is 2.81.